The lowest BCUT2D eigenvalue weighted by Crippen LogP contribution is -2.71. The van der Waals surface area contributed by atoms with Crippen molar-refractivity contribution in [1.82, 2.24) is 20.2 Å². The van der Waals surface area contributed by atoms with E-state index < -0.39 is 46.5 Å². The fraction of sp³-hybridized carbons (Fsp3) is 0.286. The van der Waals surface area contributed by atoms with Crippen LogP contribution in [-0.2, 0) is 31.1 Å². The van der Waals surface area contributed by atoms with Crippen LogP contribution in [0.3, 0.4) is 0 Å². The minimum atomic E-state index is -1.77. The van der Waals surface area contributed by atoms with Gasteiger partial charge in [0.1, 0.15) is 29.0 Å². The Kier molecular flexibility index (Phi) is 9.22. The van der Waals surface area contributed by atoms with Gasteiger partial charge in [-0.15, -0.1) is 23.1 Å². The van der Waals surface area contributed by atoms with Crippen LogP contribution in [-0.4, -0.2) is 83.1 Å². The molecule has 2 aromatic heterocycles. The molecule has 0 saturated carbocycles. The highest BCUT2D eigenvalue weighted by Crippen LogP contribution is 2.41. The molecule has 2 amide bonds. The Morgan fingerprint density at radius 2 is 1.93 bits per heavy atom. The van der Waals surface area contributed by atoms with Crippen LogP contribution in [0.1, 0.15) is 19.5 Å². The normalized spacial score (nSPS) is 18.1. The number of carboxylic acids is 2. The van der Waals surface area contributed by atoms with E-state index in [9.17, 15) is 29.4 Å². The molecule has 240 valence electrons. The highest BCUT2D eigenvalue weighted by molar-refractivity contribution is 8.01. The number of fused-ring (bicyclic) bond motifs is 1. The molecule has 2 atom stereocenters. The maximum atomic E-state index is 13.3. The third-order valence-corrected chi connectivity index (χ3v) is 10.1. The summed E-state index contributed by atoms with van der Waals surface area (Å²) >= 11 is 3.60. The number of carbonyl (C=O) groups excluding carboxylic acids is 2. The Morgan fingerprint density at radius 3 is 2.57 bits per heavy atom. The first-order valence-electron chi connectivity index (χ1n) is 13.5. The smallest absolute Gasteiger partial charge is 0.361 e. The molecule has 5 rings (SSSR count). The molecule has 2 aliphatic heterocycles. The SMILES string of the molecule is C[n+]1cc(-c2ccccc2)c(N)nc1SCC1=C(C(=O)O)N2C(=O)C(NC(=O)/C(=N\OC(C)(C)C(=O)O)c3csc(N)n3)C2SC1. The number of thiazole rings is 1. The molecular weight excluding hydrogens is 657 g/mol. The van der Waals surface area contributed by atoms with Crippen molar-refractivity contribution in [3.8, 4) is 11.1 Å². The Balaban J connectivity index is 1.32. The number of β-lactam (4-membered cyclic amide) rings is 1. The van der Waals surface area contributed by atoms with Gasteiger partial charge in [0.05, 0.1) is 12.6 Å². The number of anilines is 2. The Labute approximate surface area is 274 Å². The van der Waals surface area contributed by atoms with E-state index in [-0.39, 0.29) is 28.0 Å². The van der Waals surface area contributed by atoms with E-state index in [0.29, 0.717) is 16.5 Å². The summed E-state index contributed by atoms with van der Waals surface area (Å²) in [7, 11) is 1.82. The minimum absolute atomic E-state index is 0.0192. The molecule has 15 nitrogen and oxygen atoms in total. The largest absolute Gasteiger partial charge is 0.478 e. The van der Waals surface area contributed by atoms with Crippen molar-refractivity contribution in [3.63, 3.8) is 0 Å². The lowest BCUT2D eigenvalue weighted by Gasteiger charge is -2.49. The maximum Gasteiger partial charge on any atom is 0.361 e. The molecule has 0 aliphatic carbocycles. The summed E-state index contributed by atoms with van der Waals surface area (Å²) in [6, 6.07) is 8.48. The molecule has 0 bridgehead atoms. The molecule has 18 heteroatoms. The topological polar surface area (TPSA) is 227 Å². The van der Waals surface area contributed by atoms with Crippen LogP contribution in [0, 0.1) is 0 Å². The van der Waals surface area contributed by atoms with Gasteiger partial charge in [-0.3, -0.25) is 14.5 Å². The number of carbonyl (C=O) groups is 4. The Bertz CT molecular complexity index is 1790. The third kappa shape index (κ3) is 6.49. The zero-order valence-electron chi connectivity index (χ0n) is 24.7. The molecule has 3 aromatic rings. The second-order valence-corrected chi connectivity index (χ2v) is 13.6. The summed E-state index contributed by atoms with van der Waals surface area (Å²) in [5.74, 6) is -3.27. The Morgan fingerprint density at radius 1 is 1.22 bits per heavy atom. The van der Waals surface area contributed by atoms with E-state index in [1.54, 1.807) is 4.57 Å². The summed E-state index contributed by atoms with van der Waals surface area (Å²) in [4.78, 5) is 65.3. The summed E-state index contributed by atoms with van der Waals surface area (Å²) in [6.45, 7) is 2.49. The van der Waals surface area contributed by atoms with Crippen molar-refractivity contribution in [2.45, 2.75) is 36.0 Å². The molecule has 1 aromatic carbocycles. The third-order valence-electron chi connectivity index (χ3n) is 6.97. The minimum Gasteiger partial charge on any atom is -0.478 e. The van der Waals surface area contributed by atoms with E-state index >= 15 is 0 Å². The van der Waals surface area contributed by atoms with Crippen LogP contribution in [0.5, 0.6) is 0 Å². The van der Waals surface area contributed by atoms with E-state index in [1.807, 2.05) is 43.6 Å². The van der Waals surface area contributed by atoms with Crippen molar-refractivity contribution in [3.05, 3.63) is 58.9 Å². The number of hydrogen-bond donors (Lipinski definition) is 5. The van der Waals surface area contributed by atoms with E-state index in [2.05, 4.69) is 20.4 Å². The van der Waals surface area contributed by atoms with Gasteiger partial charge >= 0.3 is 17.1 Å². The van der Waals surface area contributed by atoms with Gasteiger partial charge in [0.25, 0.3) is 17.6 Å². The van der Waals surface area contributed by atoms with Crippen LogP contribution in [0.2, 0.25) is 0 Å². The molecule has 4 heterocycles. The van der Waals surface area contributed by atoms with Gasteiger partial charge < -0.3 is 31.8 Å². The number of hydrogen-bond acceptors (Lipinski definition) is 13. The molecule has 1 saturated heterocycles. The number of aliphatic carboxylic acids is 2. The number of aryl methyl sites for hydroxylation is 1. The maximum absolute atomic E-state index is 13.3. The Hall–Kier alpha value is -4.68. The van der Waals surface area contributed by atoms with Crippen molar-refractivity contribution >= 4 is 75.3 Å². The van der Waals surface area contributed by atoms with Crippen molar-refractivity contribution < 1.29 is 38.8 Å². The summed E-state index contributed by atoms with van der Waals surface area (Å²) in [6.07, 6.45) is 1.86. The van der Waals surface area contributed by atoms with E-state index in [0.717, 1.165) is 27.4 Å². The molecule has 0 spiro atoms. The number of aromatic nitrogens is 3. The van der Waals surface area contributed by atoms with E-state index in [4.69, 9.17) is 16.3 Å². The van der Waals surface area contributed by atoms with Crippen molar-refractivity contribution in [1.29, 1.82) is 0 Å². The second-order valence-electron chi connectivity index (χ2n) is 10.6. The molecule has 1 fully saturated rings. The van der Waals surface area contributed by atoms with Crippen molar-refractivity contribution in [2.75, 3.05) is 23.0 Å². The first kappa shape index (κ1) is 32.7. The van der Waals surface area contributed by atoms with Gasteiger partial charge in [0.15, 0.2) is 10.8 Å². The highest BCUT2D eigenvalue weighted by atomic mass is 32.2. The van der Waals surface area contributed by atoms with Crippen LogP contribution >= 0.6 is 34.9 Å². The number of benzene rings is 1. The average Bonchev–Trinajstić information content (AvgIpc) is 3.45. The zero-order valence-corrected chi connectivity index (χ0v) is 27.1. The van der Waals surface area contributed by atoms with Gasteiger partial charge in [0.2, 0.25) is 5.60 Å². The number of carboxylic acid groups (broad SMARTS) is 2. The van der Waals surface area contributed by atoms with Gasteiger partial charge in [-0.2, -0.15) is 0 Å². The standard InChI is InChI=1S/C28H28N8O7S3/c1-28(2,25(41)42)43-34-17(16-12-45-26(30)31-16)21(37)32-18-22(38)36-19(24(39)40)14(10-44-23(18)36)11-46-27-33-20(29)15(9-35(27)3)13-7-5-4-6-8-13/h4-9,12,18,23,29H,10-11H2,1-3H3,(H5,30,31,32,37,39,40,41,42)/p+1/b34-17-. The summed E-state index contributed by atoms with van der Waals surface area (Å²) in [5.41, 5.74) is 11.8. The molecule has 0 radical (unpaired) electrons. The number of thioether (sulfide) groups is 2. The molecule has 46 heavy (non-hydrogen) atoms. The predicted octanol–water partition coefficient (Wildman–Crippen LogP) is 1.31. The summed E-state index contributed by atoms with van der Waals surface area (Å²) < 4.78 is 1.81. The zero-order chi connectivity index (χ0) is 33.3. The van der Waals surface area contributed by atoms with Gasteiger partial charge in [-0.05, 0) is 41.7 Å². The predicted molar refractivity (Wildman–Crippen MR) is 172 cm³/mol. The highest BCUT2D eigenvalue weighted by Gasteiger charge is 2.54. The fourth-order valence-corrected chi connectivity index (χ4v) is 7.47. The fourth-order valence-electron chi connectivity index (χ4n) is 4.49. The van der Waals surface area contributed by atoms with Gasteiger partial charge in [-0.25, -0.2) is 19.1 Å². The molecule has 2 aliphatic rings. The van der Waals surface area contributed by atoms with Crippen molar-refractivity contribution in [2.24, 2.45) is 12.2 Å². The van der Waals surface area contributed by atoms with E-state index in [1.165, 1.54) is 42.8 Å². The number of amides is 2. The van der Waals surface area contributed by atoms with Crippen LogP contribution in [0.15, 0.2) is 63.5 Å². The number of nitrogens with two attached hydrogens (primary N) is 2. The van der Waals surface area contributed by atoms with Crippen LogP contribution in [0.25, 0.3) is 11.1 Å². The van der Waals surface area contributed by atoms with Crippen LogP contribution in [0.4, 0.5) is 10.9 Å². The number of oxime groups is 1. The number of nitrogens with zero attached hydrogens (tertiary/aromatic N) is 5. The molecule has 2 unspecified atom stereocenters. The number of nitrogen functional groups attached to an aromatic ring is 2. The monoisotopic (exact) mass is 685 g/mol. The quantitative estimate of drug-likeness (QED) is 0.0480. The number of nitrogens with one attached hydrogen (secondary N) is 1. The first-order chi connectivity index (χ1) is 21.8. The second kappa shape index (κ2) is 13.0. The molecule has 7 N–H and O–H groups in total. The lowest BCUT2D eigenvalue weighted by molar-refractivity contribution is -0.712. The molecular formula is C28H29N8O7S3+. The summed E-state index contributed by atoms with van der Waals surface area (Å²) in [5, 5.41) is 27.2. The first-order valence-corrected chi connectivity index (χ1v) is 16.5. The van der Waals surface area contributed by atoms with Gasteiger partial charge in [0, 0.05) is 16.9 Å². The lowest BCUT2D eigenvalue weighted by atomic mass is 10.0. The van der Waals surface area contributed by atoms with Crippen LogP contribution < -0.4 is 21.4 Å². The average molecular weight is 686 g/mol. The van der Waals surface area contributed by atoms with Gasteiger partial charge in [-0.1, -0.05) is 35.5 Å². The number of rotatable bonds is 11.